The number of hydrogen-bond donors (Lipinski definition) is 0. The molecule has 0 aliphatic rings. The maximum atomic E-state index is 16.6. The fourth-order valence-electron chi connectivity index (χ4n) is 13.5. The highest BCUT2D eigenvalue weighted by Gasteiger charge is 2.23. The van der Waals surface area contributed by atoms with Gasteiger partial charge in [0, 0.05) is 77.9 Å². The molecule has 0 atom stereocenters. The lowest BCUT2D eigenvalue weighted by molar-refractivity contribution is 0.103. The lowest BCUT2D eigenvalue weighted by Crippen LogP contribution is -2.04. The topological polar surface area (TPSA) is 172 Å². The van der Waals surface area contributed by atoms with Crippen LogP contribution in [0.2, 0.25) is 0 Å². The number of ketones is 1. The maximum Gasteiger partial charge on any atom is 0.193 e. The summed E-state index contributed by atoms with van der Waals surface area (Å²) in [4.78, 5) is 77.7. The van der Waals surface area contributed by atoms with Crippen LogP contribution in [0.1, 0.15) is 15.9 Å². The molecule has 14 aromatic carbocycles. The van der Waals surface area contributed by atoms with Gasteiger partial charge in [-0.2, -0.15) is 0 Å². The van der Waals surface area contributed by atoms with E-state index in [1.807, 2.05) is 315 Å². The van der Waals surface area contributed by atoms with Crippen molar-refractivity contribution in [2.24, 2.45) is 0 Å². The van der Waals surface area contributed by atoms with Gasteiger partial charge in [-0.15, -0.1) is 0 Å². The monoisotopic (exact) mass is 1410 g/mol. The van der Waals surface area contributed by atoms with Crippen LogP contribution in [0, 0.1) is 0 Å². The SMILES string of the molecule is O=C(c1cc(-c2cccc(-c3nc(-c4ccccc4)nc(-c4ccccc4)n3)c2)cc(-c2cccc(-c3nc(-c4ccccc4)nc(-c4ccccc4)n3)c2)c1)c1cc(-c2cccc(-c3nc(-c4ccccc4)nc(-c4ccccc4)n3)c2)cc(-c2cccc(-c3nc(-c4ccccc4)nc(-c4ccccc4)n3)c2)c1. The second kappa shape index (κ2) is 30.1. The van der Waals surface area contributed by atoms with Crippen molar-refractivity contribution in [3.8, 4) is 181 Å². The molecule has 18 aromatic rings. The van der Waals surface area contributed by atoms with E-state index in [-0.39, 0.29) is 5.78 Å². The van der Waals surface area contributed by atoms with E-state index in [0.717, 1.165) is 111 Å². The predicted molar refractivity (Wildman–Crippen MR) is 437 cm³/mol. The molecule has 0 fully saturated rings. The zero-order valence-corrected chi connectivity index (χ0v) is 59.1. The first kappa shape index (κ1) is 66.7. The molecule has 0 N–H and O–H groups in total. The van der Waals surface area contributed by atoms with Crippen molar-refractivity contribution in [1.82, 2.24) is 59.8 Å². The number of carbonyl (C=O) groups excluding carboxylic acids is 1. The molecule has 0 aliphatic carbocycles. The van der Waals surface area contributed by atoms with Gasteiger partial charge in [0.25, 0.3) is 0 Å². The molecule has 0 saturated carbocycles. The highest BCUT2D eigenvalue weighted by atomic mass is 16.1. The molecule has 0 unspecified atom stereocenters. The molecule has 0 saturated heterocycles. The number of nitrogens with zero attached hydrogens (tertiary/aromatic N) is 12. The minimum atomic E-state index is -0.222. The number of hydrogen-bond acceptors (Lipinski definition) is 13. The van der Waals surface area contributed by atoms with Crippen LogP contribution in [0.4, 0.5) is 0 Å². The molecule has 18 rings (SSSR count). The smallest absolute Gasteiger partial charge is 0.193 e. The van der Waals surface area contributed by atoms with Gasteiger partial charge >= 0.3 is 0 Å². The third-order valence-corrected chi connectivity index (χ3v) is 19.0. The van der Waals surface area contributed by atoms with E-state index in [1.54, 1.807) is 0 Å². The van der Waals surface area contributed by atoms with Crippen molar-refractivity contribution in [1.29, 1.82) is 0 Å². The number of rotatable bonds is 18. The van der Waals surface area contributed by atoms with Crippen LogP contribution in [-0.2, 0) is 0 Å². The quantitative estimate of drug-likeness (QED) is 0.0744. The van der Waals surface area contributed by atoms with Gasteiger partial charge in [-0.1, -0.05) is 315 Å². The van der Waals surface area contributed by atoms with Crippen molar-refractivity contribution in [3.63, 3.8) is 0 Å². The molecule has 516 valence electrons. The highest BCUT2D eigenvalue weighted by Crippen LogP contribution is 2.39. The number of carbonyl (C=O) groups is 1. The minimum Gasteiger partial charge on any atom is -0.289 e. The predicted octanol–water partition coefficient (Wildman–Crippen LogP) is 22.3. The van der Waals surface area contributed by atoms with Gasteiger partial charge in [0.15, 0.2) is 75.7 Å². The Morgan fingerprint density at radius 3 is 0.418 bits per heavy atom. The van der Waals surface area contributed by atoms with Gasteiger partial charge in [0.1, 0.15) is 0 Å². The normalized spacial score (nSPS) is 11.1. The summed E-state index contributed by atoms with van der Waals surface area (Å²) in [6, 6.07) is 124. The van der Waals surface area contributed by atoms with Crippen LogP contribution < -0.4 is 0 Å². The van der Waals surface area contributed by atoms with E-state index in [1.165, 1.54) is 0 Å². The average Bonchev–Trinajstić information content (AvgIpc) is 0.774. The molecular formula is C97H62N12O. The molecule has 0 aliphatic heterocycles. The first-order valence-corrected chi connectivity index (χ1v) is 36.1. The second-order valence-corrected chi connectivity index (χ2v) is 26.4. The minimum absolute atomic E-state index is 0.222. The Kier molecular flexibility index (Phi) is 18.3. The van der Waals surface area contributed by atoms with Gasteiger partial charge < -0.3 is 0 Å². The van der Waals surface area contributed by atoms with Gasteiger partial charge in [-0.05, 0) is 105 Å². The third kappa shape index (κ3) is 14.4. The fraction of sp³-hybridized carbons (Fsp3) is 0. The maximum absolute atomic E-state index is 16.6. The zero-order valence-electron chi connectivity index (χ0n) is 59.1. The third-order valence-electron chi connectivity index (χ3n) is 19.0. The van der Waals surface area contributed by atoms with E-state index >= 15 is 4.79 Å². The molecule has 13 nitrogen and oxygen atoms in total. The van der Waals surface area contributed by atoms with Crippen molar-refractivity contribution >= 4 is 5.78 Å². The van der Waals surface area contributed by atoms with Gasteiger partial charge in [0.05, 0.1) is 0 Å². The molecule has 110 heavy (non-hydrogen) atoms. The summed E-state index contributed by atoms with van der Waals surface area (Å²) >= 11 is 0. The van der Waals surface area contributed by atoms with Crippen LogP contribution >= 0.6 is 0 Å². The first-order chi connectivity index (χ1) is 54.3. The molecule has 4 aromatic heterocycles. The van der Waals surface area contributed by atoms with Gasteiger partial charge in [-0.25, -0.2) is 59.8 Å². The second-order valence-electron chi connectivity index (χ2n) is 26.4. The number of aromatic nitrogens is 12. The molecule has 0 bridgehead atoms. The van der Waals surface area contributed by atoms with E-state index < -0.39 is 0 Å². The largest absolute Gasteiger partial charge is 0.289 e. The van der Waals surface area contributed by atoms with Crippen LogP contribution in [-0.4, -0.2) is 65.6 Å². The van der Waals surface area contributed by atoms with Gasteiger partial charge in [-0.3, -0.25) is 4.79 Å². The van der Waals surface area contributed by atoms with Crippen molar-refractivity contribution in [2.75, 3.05) is 0 Å². The van der Waals surface area contributed by atoms with Crippen molar-refractivity contribution < 1.29 is 4.79 Å². The Bertz CT molecular complexity index is 5400. The Balaban J connectivity index is 0.813. The zero-order chi connectivity index (χ0) is 73.5. The Hall–Kier alpha value is -15.2. The highest BCUT2D eigenvalue weighted by molar-refractivity contribution is 6.12. The summed E-state index contributed by atoms with van der Waals surface area (Å²) in [7, 11) is 0. The molecular weight excluding hydrogens is 1350 g/mol. The average molecular weight is 1410 g/mol. The van der Waals surface area contributed by atoms with Crippen molar-refractivity contribution in [2.45, 2.75) is 0 Å². The Morgan fingerprint density at radius 2 is 0.255 bits per heavy atom. The molecule has 13 heteroatoms. The van der Waals surface area contributed by atoms with E-state index in [2.05, 4.69) is 60.7 Å². The summed E-state index contributed by atoms with van der Waals surface area (Å²) in [6.45, 7) is 0. The summed E-state index contributed by atoms with van der Waals surface area (Å²) < 4.78 is 0. The summed E-state index contributed by atoms with van der Waals surface area (Å²) in [5.74, 6) is 6.08. The molecule has 4 heterocycles. The van der Waals surface area contributed by atoms with Crippen LogP contribution in [0.3, 0.4) is 0 Å². The lowest BCUT2D eigenvalue weighted by atomic mass is 9.89. The van der Waals surface area contributed by atoms with Gasteiger partial charge in [0.2, 0.25) is 0 Å². The molecule has 0 radical (unpaired) electrons. The van der Waals surface area contributed by atoms with Crippen molar-refractivity contribution in [3.05, 3.63) is 387 Å². The first-order valence-electron chi connectivity index (χ1n) is 36.1. The lowest BCUT2D eigenvalue weighted by Gasteiger charge is -2.15. The van der Waals surface area contributed by atoms with Crippen LogP contribution in [0.25, 0.3) is 181 Å². The number of benzene rings is 14. The summed E-state index contributed by atoms with van der Waals surface area (Å²) in [5.41, 5.74) is 17.2. The van der Waals surface area contributed by atoms with Crippen LogP contribution in [0.15, 0.2) is 376 Å². The molecule has 0 spiro atoms. The van der Waals surface area contributed by atoms with E-state index in [4.69, 9.17) is 59.8 Å². The Morgan fingerprint density at radius 1 is 0.127 bits per heavy atom. The van der Waals surface area contributed by atoms with Crippen LogP contribution in [0.5, 0.6) is 0 Å². The summed E-state index contributed by atoms with van der Waals surface area (Å²) in [6.07, 6.45) is 0. The van der Waals surface area contributed by atoms with E-state index in [0.29, 0.717) is 81.0 Å². The standard InChI is InChI=1S/C97H62N12O/c110-85(83-59-79(71-45-25-49-75(53-71)94-102-86(63-29-9-1-10-30-63)98-87(103-94)64-31-11-2-12-32-64)57-80(60-83)72-46-26-50-76(54-72)95-104-88(65-33-13-3-14-34-65)99-89(105-95)66-35-15-4-16-36-66)84-61-81(73-47-27-51-77(55-73)96-106-90(67-37-17-5-18-38-67)100-91(107-96)68-39-19-6-20-40-68)58-82(62-84)74-48-28-52-78(56-74)97-108-92(69-41-21-7-22-42-69)101-93(109-97)70-43-23-8-24-44-70/h1-62H. The fourth-order valence-corrected chi connectivity index (χ4v) is 13.5. The molecule has 0 amide bonds. The Labute approximate surface area is 635 Å². The summed E-state index contributed by atoms with van der Waals surface area (Å²) in [5, 5.41) is 0. The van der Waals surface area contributed by atoms with E-state index in [9.17, 15) is 0 Å².